The lowest BCUT2D eigenvalue weighted by Crippen LogP contribution is -2.30. The molecule has 1 amide bonds. The molecule has 3 N–H and O–H groups in total. The van der Waals surface area contributed by atoms with Gasteiger partial charge in [0, 0.05) is 17.8 Å². The summed E-state index contributed by atoms with van der Waals surface area (Å²) in [5.74, 6) is 0. The number of halogens is 1. The van der Waals surface area contributed by atoms with E-state index in [1.165, 1.54) is 6.21 Å². The molecule has 0 aromatic rings. The molecule has 0 aliphatic rings. The largest absolute Gasteiger partial charge is 0.443 e. The molecule has 0 saturated heterocycles. The zero-order valence-corrected chi connectivity index (χ0v) is 12.7. The highest BCUT2D eigenvalue weighted by Gasteiger charge is 2.15. The highest BCUT2D eigenvalue weighted by molar-refractivity contribution is 6.71. The van der Waals surface area contributed by atoms with Crippen LogP contribution in [0.25, 0.3) is 0 Å². The van der Waals surface area contributed by atoms with Crippen molar-refractivity contribution in [1.82, 2.24) is 10.7 Å². The number of carbonyl (C=O) groups excluding carboxylic acids is 1. The first-order chi connectivity index (χ1) is 8.67. The van der Waals surface area contributed by atoms with E-state index in [-0.39, 0.29) is 5.17 Å². The highest BCUT2D eigenvalue weighted by atomic mass is 35.5. The van der Waals surface area contributed by atoms with Crippen molar-refractivity contribution in [3.05, 3.63) is 11.3 Å². The summed E-state index contributed by atoms with van der Waals surface area (Å²) in [6.45, 7) is 9.67. The number of allylic oxidation sites excluding steroid dienone is 2. The van der Waals surface area contributed by atoms with Gasteiger partial charge in [-0.15, -0.1) is 0 Å². The lowest BCUT2D eigenvalue weighted by molar-refractivity contribution is 0.0529. The predicted octanol–water partition coefficient (Wildman–Crippen LogP) is 2.60. The average Bonchev–Trinajstić information content (AvgIpc) is 2.21. The van der Waals surface area contributed by atoms with Crippen molar-refractivity contribution in [3.63, 3.8) is 0 Å². The van der Waals surface area contributed by atoms with E-state index in [2.05, 4.69) is 15.8 Å². The summed E-state index contributed by atoms with van der Waals surface area (Å²) in [6, 6.07) is 0. The summed E-state index contributed by atoms with van der Waals surface area (Å²) in [4.78, 5) is 11.3. The van der Waals surface area contributed by atoms with Crippen molar-refractivity contribution in [2.24, 2.45) is 5.10 Å². The van der Waals surface area contributed by atoms with Gasteiger partial charge in [-0.05, 0) is 34.6 Å². The summed E-state index contributed by atoms with van der Waals surface area (Å²) in [5.41, 5.74) is 2.73. The van der Waals surface area contributed by atoms with Gasteiger partial charge in [0.25, 0.3) is 0 Å². The van der Waals surface area contributed by atoms with Gasteiger partial charge in [0.1, 0.15) is 10.8 Å². The molecular formula is C12H21ClN4O2. The van der Waals surface area contributed by atoms with Crippen LogP contribution in [-0.4, -0.2) is 29.6 Å². The van der Waals surface area contributed by atoms with E-state index >= 15 is 0 Å². The maximum Gasteiger partial charge on any atom is 0.428 e. The number of hydrazone groups is 1. The Bertz CT molecular complexity index is 397. The quantitative estimate of drug-likeness (QED) is 0.537. The lowest BCUT2D eigenvalue weighted by atomic mass is 10.2. The van der Waals surface area contributed by atoms with E-state index in [4.69, 9.17) is 21.7 Å². The molecular weight excluding hydrogens is 268 g/mol. The van der Waals surface area contributed by atoms with E-state index in [0.717, 1.165) is 0 Å². The minimum absolute atomic E-state index is 0.159. The molecule has 0 heterocycles. The van der Waals surface area contributed by atoms with Crippen molar-refractivity contribution in [3.8, 4) is 0 Å². The van der Waals surface area contributed by atoms with Crippen LogP contribution >= 0.6 is 11.6 Å². The molecule has 0 aliphatic carbocycles. The molecule has 0 rings (SSSR count). The molecule has 0 unspecified atom stereocenters. The molecule has 0 aromatic heterocycles. The third kappa shape index (κ3) is 8.20. The zero-order chi connectivity index (χ0) is 15.1. The van der Waals surface area contributed by atoms with Gasteiger partial charge < -0.3 is 10.1 Å². The van der Waals surface area contributed by atoms with Crippen molar-refractivity contribution >= 4 is 29.1 Å². The topological polar surface area (TPSA) is 86.6 Å². The Morgan fingerprint density at radius 1 is 1.47 bits per heavy atom. The highest BCUT2D eigenvalue weighted by Crippen LogP contribution is 2.06. The number of nitrogens with one attached hydrogen (secondary N) is 3. The van der Waals surface area contributed by atoms with Gasteiger partial charge in [0.05, 0.1) is 6.21 Å². The number of amides is 1. The van der Waals surface area contributed by atoms with Crippen LogP contribution < -0.4 is 10.7 Å². The minimum Gasteiger partial charge on any atom is -0.443 e. The fourth-order valence-electron chi connectivity index (χ4n) is 1.13. The zero-order valence-electron chi connectivity index (χ0n) is 11.9. The van der Waals surface area contributed by atoms with Crippen LogP contribution in [0.1, 0.15) is 34.6 Å². The molecule has 6 nitrogen and oxygen atoms in total. The molecule has 0 bridgehead atoms. The van der Waals surface area contributed by atoms with Gasteiger partial charge in [-0.3, -0.25) is 5.41 Å². The van der Waals surface area contributed by atoms with Crippen LogP contribution in [0.3, 0.4) is 0 Å². The van der Waals surface area contributed by atoms with Crippen molar-refractivity contribution in [2.45, 2.75) is 40.2 Å². The Hall–Kier alpha value is -1.56. The van der Waals surface area contributed by atoms with Crippen LogP contribution in [0.5, 0.6) is 0 Å². The molecule has 0 spiro atoms. The predicted molar refractivity (Wildman–Crippen MR) is 77.8 cm³/mol. The number of nitrogens with zero attached hydrogens (tertiary/aromatic N) is 1. The molecule has 0 saturated carbocycles. The van der Waals surface area contributed by atoms with Crippen molar-refractivity contribution in [1.29, 1.82) is 5.41 Å². The smallest absolute Gasteiger partial charge is 0.428 e. The van der Waals surface area contributed by atoms with E-state index in [1.807, 2.05) is 6.92 Å². The van der Waals surface area contributed by atoms with Crippen LogP contribution in [-0.2, 0) is 4.74 Å². The second kappa shape index (κ2) is 7.78. The average molecular weight is 289 g/mol. The first-order valence-electron chi connectivity index (χ1n) is 5.88. The van der Waals surface area contributed by atoms with E-state index in [0.29, 0.717) is 17.8 Å². The summed E-state index contributed by atoms with van der Waals surface area (Å²) in [5, 5.41) is 14.0. The van der Waals surface area contributed by atoms with Gasteiger partial charge in [0.2, 0.25) is 0 Å². The molecule has 0 aromatic carbocycles. The van der Waals surface area contributed by atoms with E-state index < -0.39 is 11.7 Å². The number of hydrogen-bond donors (Lipinski definition) is 3. The molecule has 108 valence electrons. The van der Waals surface area contributed by atoms with E-state index in [9.17, 15) is 4.79 Å². The van der Waals surface area contributed by atoms with Crippen LogP contribution in [0.15, 0.2) is 16.4 Å². The monoisotopic (exact) mass is 288 g/mol. The SMILES string of the molecule is CCN/C(C)=C(/C=N/NC(=O)OC(C)(C)C)C(=N)Cl. The summed E-state index contributed by atoms with van der Waals surface area (Å²) >= 11 is 5.65. The number of ether oxygens (including phenoxy) is 1. The fourth-order valence-corrected chi connectivity index (χ4v) is 1.32. The fraction of sp³-hybridized carbons (Fsp3) is 0.583. The molecule has 19 heavy (non-hydrogen) atoms. The molecule has 0 atom stereocenters. The molecule has 0 radical (unpaired) electrons. The molecule has 0 aliphatic heterocycles. The minimum atomic E-state index is -0.662. The van der Waals surface area contributed by atoms with Crippen LogP contribution in [0.2, 0.25) is 0 Å². The first-order valence-corrected chi connectivity index (χ1v) is 6.26. The van der Waals surface area contributed by atoms with Gasteiger partial charge in [0.15, 0.2) is 0 Å². The van der Waals surface area contributed by atoms with Crippen LogP contribution in [0.4, 0.5) is 4.79 Å². The Labute approximate surface area is 118 Å². The Kier molecular flexibility index (Phi) is 7.14. The van der Waals surface area contributed by atoms with Gasteiger partial charge in [-0.25, -0.2) is 10.2 Å². The second-order valence-electron chi connectivity index (χ2n) is 4.75. The number of carbonyl (C=O) groups is 1. The molecule has 7 heteroatoms. The van der Waals surface area contributed by atoms with E-state index in [1.54, 1.807) is 27.7 Å². The first kappa shape index (κ1) is 17.4. The summed E-state index contributed by atoms with van der Waals surface area (Å²) < 4.78 is 5.01. The summed E-state index contributed by atoms with van der Waals surface area (Å²) in [6.07, 6.45) is 0.641. The molecule has 0 fully saturated rings. The standard InChI is InChI=1S/C12H21ClN4O2/c1-6-15-8(2)9(10(13)14)7-16-17-11(18)19-12(3,4)5/h7,14-15H,6H2,1-5H3,(H,17,18)/b9-8-,14-10?,16-7+. The normalized spacial score (nSPS) is 12.9. The number of rotatable bonds is 5. The Morgan fingerprint density at radius 2 is 2.05 bits per heavy atom. The Balaban J connectivity index is 4.63. The third-order valence-electron chi connectivity index (χ3n) is 1.83. The van der Waals surface area contributed by atoms with Gasteiger partial charge >= 0.3 is 6.09 Å². The second-order valence-corrected chi connectivity index (χ2v) is 5.13. The van der Waals surface area contributed by atoms with Crippen LogP contribution in [0, 0.1) is 5.41 Å². The van der Waals surface area contributed by atoms with Crippen molar-refractivity contribution < 1.29 is 9.53 Å². The number of hydrogen-bond acceptors (Lipinski definition) is 5. The Morgan fingerprint density at radius 3 is 2.47 bits per heavy atom. The lowest BCUT2D eigenvalue weighted by Gasteiger charge is -2.18. The summed E-state index contributed by atoms with van der Waals surface area (Å²) in [7, 11) is 0. The maximum atomic E-state index is 11.3. The van der Waals surface area contributed by atoms with Crippen molar-refractivity contribution in [2.75, 3.05) is 6.54 Å². The van der Waals surface area contributed by atoms with Gasteiger partial charge in [-0.2, -0.15) is 5.10 Å². The van der Waals surface area contributed by atoms with Gasteiger partial charge in [-0.1, -0.05) is 11.6 Å². The maximum absolute atomic E-state index is 11.3. The third-order valence-corrected chi connectivity index (χ3v) is 2.03.